The third kappa shape index (κ3) is 5.49. The van der Waals surface area contributed by atoms with Gasteiger partial charge in [-0.15, -0.1) is 0 Å². The third-order valence-corrected chi connectivity index (χ3v) is 5.24. The van der Waals surface area contributed by atoms with Gasteiger partial charge in [-0.1, -0.05) is 37.9 Å². The molecule has 1 atom stereocenters. The topological polar surface area (TPSA) is 58.1 Å². The molecule has 2 heterocycles. The fourth-order valence-corrected chi connectivity index (χ4v) is 3.87. The molecular weight excluding hydrogens is 417 g/mol. The predicted octanol–water partition coefficient (Wildman–Crippen LogP) is 5.26. The molecule has 1 saturated heterocycles. The number of likely N-dealkylation sites (tertiary alicyclic amines) is 1. The van der Waals surface area contributed by atoms with Crippen LogP contribution in [0, 0.1) is 5.92 Å². The Balaban J connectivity index is 1.95. The van der Waals surface area contributed by atoms with E-state index in [2.05, 4.69) is 34.0 Å². The zero-order chi connectivity index (χ0) is 21.9. The molecule has 0 saturated carbocycles. The van der Waals surface area contributed by atoms with E-state index in [9.17, 15) is 18.0 Å². The molecule has 1 aliphatic rings. The first-order chi connectivity index (χ1) is 14.1. The van der Waals surface area contributed by atoms with Gasteiger partial charge >= 0.3 is 6.18 Å². The Kier molecular flexibility index (Phi) is 6.98. The Hall–Kier alpha value is -2.19. The Bertz CT molecular complexity index is 904. The summed E-state index contributed by atoms with van der Waals surface area (Å²) in [6.45, 7) is 5.71. The zero-order valence-corrected chi connectivity index (χ0v) is 17.6. The maximum Gasteiger partial charge on any atom is 0.416 e. The van der Waals surface area contributed by atoms with Crippen LogP contribution in [0.15, 0.2) is 30.6 Å². The number of carbonyl (C=O) groups is 1. The summed E-state index contributed by atoms with van der Waals surface area (Å²) in [6.07, 6.45) is -0.719. The molecule has 162 valence electrons. The number of rotatable bonds is 5. The van der Waals surface area contributed by atoms with Crippen molar-refractivity contribution in [3.05, 3.63) is 41.3 Å². The molecule has 0 spiro atoms. The normalized spacial score (nSPS) is 17.9. The summed E-state index contributed by atoms with van der Waals surface area (Å²) in [5.74, 6) is 0.0711. The van der Waals surface area contributed by atoms with Crippen LogP contribution in [0.4, 0.5) is 18.9 Å². The summed E-state index contributed by atoms with van der Waals surface area (Å²) in [7, 11) is 0. The number of halogens is 4. The largest absolute Gasteiger partial charge is 0.416 e. The molecule has 9 heteroatoms. The molecule has 1 aromatic heterocycles. The van der Waals surface area contributed by atoms with Crippen molar-refractivity contribution in [2.75, 3.05) is 18.4 Å². The number of hydrogen-bond acceptors (Lipinski definition) is 4. The lowest BCUT2D eigenvalue weighted by Gasteiger charge is -2.35. The number of aromatic nitrogens is 2. The lowest BCUT2D eigenvalue weighted by atomic mass is 9.99. The second-order valence-electron chi connectivity index (χ2n) is 7.87. The molecule has 2 aromatic rings. The minimum absolute atomic E-state index is 0.0552. The summed E-state index contributed by atoms with van der Waals surface area (Å²) in [6, 6.07) is 4.28. The molecule has 3 rings (SSSR count). The van der Waals surface area contributed by atoms with Gasteiger partial charge in [0.2, 0.25) is 5.91 Å². The van der Waals surface area contributed by atoms with Crippen LogP contribution in [-0.2, 0) is 11.0 Å². The number of hydrogen-bond donors (Lipinski definition) is 1. The SMILES string of the molecule is CC(C)CN1CCCCC1C(=O)Nc1cc(C(F)(F)F)ccc1-c1cc(Cl)ncn1. The number of anilines is 1. The number of carbonyl (C=O) groups excluding carboxylic acids is 1. The van der Waals surface area contributed by atoms with E-state index in [0.717, 1.165) is 38.1 Å². The van der Waals surface area contributed by atoms with Gasteiger partial charge in [-0.05, 0) is 37.4 Å². The van der Waals surface area contributed by atoms with E-state index < -0.39 is 11.7 Å². The molecule has 0 bridgehead atoms. The zero-order valence-electron chi connectivity index (χ0n) is 16.8. The number of piperidine rings is 1. The number of nitrogens with one attached hydrogen (secondary N) is 1. The standard InChI is InChI=1S/C21H24ClF3N4O/c1-13(2)11-29-8-4-3-5-18(29)20(30)28-17-9-14(21(23,24)25)6-7-15(17)16-10-19(22)27-12-26-16/h6-7,9-10,12-13,18H,3-5,8,11H2,1-2H3,(H,28,30). The summed E-state index contributed by atoms with van der Waals surface area (Å²) in [4.78, 5) is 23.1. The minimum atomic E-state index is -4.53. The Morgan fingerprint density at radius 2 is 2.03 bits per heavy atom. The van der Waals surface area contributed by atoms with Gasteiger partial charge in [-0.2, -0.15) is 13.2 Å². The van der Waals surface area contributed by atoms with Crippen LogP contribution in [0.3, 0.4) is 0 Å². The molecular formula is C21H24ClF3N4O. The predicted molar refractivity (Wildman–Crippen MR) is 110 cm³/mol. The van der Waals surface area contributed by atoms with E-state index in [-0.39, 0.29) is 22.8 Å². The maximum absolute atomic E-state index is 13.3. The van der Waals surface area contributed by atoms with Gasteiger partial charge < -0.3 is 5.32 Å². The van der Waals surface area contributed by atoms with E-state index in [1.165, 1.54) is 18.5 Å². The van der Waals surface area contributed by atoms with Crippen molar-refractivity contribution in [3.8, 4) is 11.3 Å². The van der Waals surface area contributed by atoms with Gasteiger partial charge in [-0.25, -0.2) is 9.97 Å². The number of nitrogens with zero attached hydrogens (tertiary/aromatic N) is 3. The van der Waals surface area contributed by atoms with Crippen LogP contribution in [0.2, 0.25) is 5.15 Å². The summed E-state index contributed by atoms with van der Waals surface area (Å²) >= 11 is 5.92. The highest BCUT2D eigenvalue weighted by atomic mass is 35.5. The smallest absolute Gasteiger partial charge is 0.324 e. The Labute approximate surface area is 178 Å². The van der Waals surface area contributed by atoms with Gasteiger partial charge in [0.05, 0.1) is 23.0 Å². The highest BCUT2D eigenvalue weighted by Crippen LogP contribution is 2.36. The molecule has 1 aliphatic heterocycles. The average Bonchev–Trinajstić information content (AvgIpc) is 2.67. The number of benzene rings is 1. The van der Waals surface area contributed by atoms with Gasteiger partial charge in [0.15, 0.2) is 0 Å². The van der Waals surface area contributed by atoms with Gasteiger partial charge in [0, 0.05) is 18.2 Å². The Morgan fingerprint density at radius 1 is 1.27 bits per heavy atom. The molecule has 1 N–H and O–H groups in total. The first kappa shape index (κ1) is 22.5. The maximum atomic E-state index is 13.3. The van der Waals surface area contributed by atoms with Crippen molar-refractivity contribution in [2.45, 2.75) is 45.3 Å². The van der Waals surface area contributed by atoms with Crippen LogP contribution in [0.5, 0.6) is 0 Å². The fourth-order valence-electron chi connectivity index (χ4n) is 3.72. The average molecular weight is 441 g/mol. The first-order valence-electron chi connectivity index (χ1n) is 9.89. The van der Waals surface area contributed by atoms with Crippen molar-refractivity contribution in [1.29, 1.82) is 0 Å². The van der Waals surface area contributed by atoms with Crippen LogP contribution in [0.1, 0.15) is 38.7 Å². The van der Waals surface area contributed by atoms with E-state index in [1.807, 2.05) is 0 Å². The second kappa shape index (κ2) is 9.31. The first-order valence-corrected chi connectivity index (χ1v) is 10.3. The van der Waals surface area contributed by atoms with Crippen LogP contribution in [0.25, 0.3) is 11.3 Å². The number of amides is 1. The molecule has 1 fully saturated rings. The van der Waals surface area contributed by atoms with Crippen LogP contribution >= 0.6 is 11.6 Å². The highest BCUT2D eigenvalue weighted by Gasteiger charge is 2.33. The lowest BCUT2D eigenvalue weighted by Crippen LogP contribution is -2.48. The van der Waals surface area contributed by atoms with E-state index in [4.69, 9.17) is 11.6 Å². The summed E-state index contributed by atoms with van der Waals surface area (Å²) in [5.41, 5.74) is -0.0994. The van der Waals surface area contributed by atoms with Crippen molar-refractivity contribution >= 4 is 23.2 Å². The van der Waals surface area contributed by atoms with Crippen molar-refractivity contribution in [1.82, 2.24) is 14.9 Å². The highest BCUT2D eigenvalue weighted by molar-refractivity contribution is 6.29. The van der Waals surface area contributed by atoms with Crippen LogP contribution in [-0.4, -0.2) is 39.9 Å². The van der Waals surface area contributed by atoms with E-state index in [0.29, 0.717) is 23.6 Å². The quantitative estimate of drug-likeness (QED) is 0.644. The van der Waals surface area contributed by atoms with Crippen molar-refractivity contribution in [2.24, 2.45) is 5.92 Å². The molecule has 5 nitrogen and oxygen atoms in total. The Morgan fingerprint density at radius 3 is 2.70 bits per heavy atom. The molecule has 1 unspecified atom stereocenters. The van der Waals surface area contributed by atoms with Gasteiger partial charge in [0.1, 0.15) is 11.5 Å². The van der Waals surface area contributed by atoms with Crippen LogP contribution < -0.4 is 5.32 Å². The second-order valence-corrected chi connectivity index (χ2v) is 8.26. The minimum Gasteiger partial charge on any atom is -0.324 e. The van der Waals surface area contributed by atoms with E-state index in [1.54, 1.807) is 0 Å². The molecule has 0 aliphatic carbocycles. The fraction of sp³-hybridized carbons (Fsp3) is 0.476. The summed E-state index contributed by atoms with van der Waals surface area (Å²) < 4.78 is 39.9. The third-order valence-electron chi connectivity index (χ3n) is 5.03. The number of alkyl halides is 3. The summed E-state index contributed by atoms with van der Waals surface area (Å²) in [5, 5.41) is 2.89. The van der Waals surface area contributed by atoms with Crippen molar-refractivity contribution < 1.29 is 18.0 Å². The monoisotopic (exact) mass is 440 g/mol. The molecule has 1 amide bonds. The van der Waals surface area contributed by atoms with E-state index >= 15 is 0 Å². The lowest BCUT2D eigenvalue weighted by molar-refractivity contribution is -0.137. The molecule has 0 radical (unpaired) electrons. The van der Waals surface area contributed by atoms with Gasteiger partial charge in [-0.3, -0.25) is 9.69 Å². The molecule has 30 heavy (non-hydrogen) atoms. The van der Waals surface area contributed by atoms with Gasteiger partial charge in [0.25, 0.3) is 0 Å². The molecule has 1 aromatic carbocycles. The van der Waals surface area contributed by atoms with Crippen molar-refractivity contribution in [3.63, 3.8) is 0 Å².